The van der Waals surface area contributed by atoms with Crippen molar-refractivity contribution in [3.63, 3.8) is 0 Å². The molecule has 1 rings (SSSR count). The second-order valence-corrected chi connectivity index (χ2v) is 5.17. The fraction of sp³-hybridized carbons (Fsp3) is 1.00. The maximum atomic E-state index is 11.5. The minimum absolute atomic E-state index is 0.0451. The summed E-state index contributed by atoms with van der Waals surface area (Å²) in [4.78, 5) is 0. The Hall–Kier alpha value is -0.170. The van der Waals surface area contributed by atoms with Crippen molar-refractivity contribution in [3.8, 4) is 0 Å². The van der Waals surface area contributed by atoms with Crippen molar-refractivity contribution in [1.82, 2.24) is 9.44 Å². The molecule has 1 fully saturated rings. The number of nitrogens with one attached hydrogen (secondary N) is 2. The normalized spacial score (nSPS) is 19.6. The summed E-state index contributed by atoms with van der Waals surface area (Å²) in [6, 6.07) is 0.110. The molecule has 6 heteroatoms. The minimum Gasteiger partial charge on any atom is -0.330 e. The van der Waals surface area contributed by atoms with E-state index in [0.29, 0.717) is 13.0 Å². The molecule has 0 bridgehead atoms. The molecular weight excluding hydrogens is 202 g/mol. The molecule has 1 saturated carbocycles. The summed E-state index contributed by atoms with van der Waals surface area (Å²) in [6.07, 6.45) is 3.36. The lowest BCUT2D eigenvalue weighted by Crippen LogP contribution is -2.44. The first-order valence-corrected chi connectivity index (χ1v) is 6.55. The van der Waals surface area contributed by atoms with Crippen LogP contribution in [0, 0.1) is 0 Å². The molecule has 0 saturated heterocycles. The molecule has 0 radical (unpaired) electrons. The van der Waals surface area contributed by atoms with Crippen LogP contribution in [-0.2, 0) is 10.2 Å². The van der Waals surface area contributed by atoms with E-state index >= 15 is 0 Å². The smallest absolute Gasteiger partial charge is 0.277 e. The van der Waals surface area contributed by atoms with Gasteiger partial charge in [0.1, 0.15) is 0 Å². The van der Waals surface area contributed by atoms with Gasteiger partial charge in [0.2, 0.25) is 0 Å². The van der Waals surface area contributed by atoms with Crippen molar-refractivity contribution >= 4 is 10.2 Å². The van der Waals surface area contributed by atoms with Crippen molar-refractivity contribution in [3.05, 3.63) is 0 Å². The molecule has 14 heavy (non-hydrogen) atoms. The molecule has 0 spiro atoms. The minimum atomic E-state index is -3.31. The van der Waals surface area contributed by atoms with Crippen LogP contribution in [-0.4, -0.2) is 27.0 Å². The number of hydrogen-bond donors (Lipinski definition) is 3. The van der Waals surface area contributed by atoms with Crippen LogP contribution in [0.15, 0.2) is 0 Å². The van der Waals surface area contributed by atoms with E-state index in [9.17, 15) is 8.42 Å². The summed E-state index contributed by atoms with van der Waals surface area (Å²) in [6.45, 7) is 2.45. The lowest BCUT2D eigenvalue weighted by atomic mass is 10.2. The molecule has 0 aromatic rings. The molecular formula is C8H19N3O2S. The SMILES string of the molecule is CCC(CCN)NS(=O)(=O)NC1CC1. The van der Waals surface area contributed by atoms with Gasteiger partial charge in [0.15, 0.2) is 0 Å². The summed E-state index contributed by atoms with van der Waals surface area (Å²) in [5.41, 5.74) is 5.38. The first-order chi connectivity index (χ1) is 6.57. The quantitative estimate of drug-likeness (QED) is 0.552. The summed E-state index contributed by atoms with van der Waals surface area (Å²) in [7, 11) is -3.31. The Morgan fingerprint density at radius 2 is 2.14 bits per heavy atom. The van der Waals surface area contributed by atoms with E-state index < -0.39 is 10.2 Å². The standard InChI is InChI=1S/C8H19N3O2S/c1-2-7(5-6-9)10-14(12,13)11-8-3-4-8/h7-8,10-11H,2-6,9H2,1H3. The maximum absolute atomic E-state index is 11.5. The Balaban J connectivity index is 2.38. The van der Waals surface area contributed by atoms with E-state index in [1.165, 1.54) is 0 Å². The van der Waals surface area contributed by atoms with Gasteiger partial charge in [0.05, 0.1) is 0 Å². The third-order valence-corrected chi connectivity index (χ3v) is 3.52. The van der Waals surface area contributed by atoms with Gasteiger partial charge in [-0.2, -0.15) is 17.9 Å². The molecule has 84 valence electrons. The molecule has 1 aliphatic carbocycles. The molecule has 0 aromatic heterocycles. The van der Waals surface area contributed by atoms with Gasteiger partial charge in [0, 0.05) is 12.1 Å². The lowest BCUT2D eigenvalue weighted by Gasteiger charge is -2.16. The molecule has 0 amide bonds. The van der Waals surface area contributed by atoms with Crippen molar-refractivity contribution in [2.24, 2.45) is 5.73 Å². The van der Waals surface area contributed by atoms with Gasteiger partial charge in [-0.3, -0.25) is 0 Å². The molecule has 0 aliphatic heterocycles. The van der Waals surface area contributed by atoms with Crippen LogP contribution in [0.1, 0.15) is 32.6 Å². The third-order valence-electron chi connectivity index (χ3n) is 2.23. The second-order valence-electron chi connectivity index (χ2n) is 3.70. The predicted octanol–water partition coefficient (Wildman–Crippen LogP) is -0.300. The van der Waals surface area contributed by atoms with Gasteiger partial charge in [0.25, 0.3) is 10.2 Å². The van der Waals surface area contributed by atoms with Crippen LogP contribution >= 0.6 is 0 Å². The second kappa shape index (κ2) is 5.06. The molecule has 4 N–H and O–H groups in total. The van der Waals surface area contributed by atoms with E-state index in [1.807, 2.05) is 6.92 Å². The molecule has 0 heterocycles. The average molecular weight is 221 g/mol. The monoisotopic (exact) mass is 221 g/mol. The Morgan fingerprint density at radius 1 is 1.50 bits per heavy atom. The molecule has 1 unspecified atom stereocenters. The Bertz CT molecular complexity index is 262. The maximum Gasteiger partial charge on any atom is 0.277 e. The highest BCUT2D eigenvalue weighted by molar-refractivity contribution is 7.87. The van der Waals surface area contributed by atoms with Gasteiger partial charge >= 0.3 is 0 Å². The highest BCUT2D eigenvalue weighted by Gasteiger charge is 2.27. The van der Waals surface area contributed by atoms with Gasteiger partial charge < -0.3 is 5.73 Å². The topological polar surface area (TPSA) is 84.2 Å². The van der Waals surface area contributed by atoms with Crippen LogP contribution in [0.4, 0.5) is 0 Å². The van der Waals surface area contributed by atoms with E-state index in [2.05, 4.69) is 9.44 Å². The van der Waals surface area contributed by atoms with Crippen molar-refractivity contribution in [2.75, 3.05) is 6.54 Å². The number of rotatable bonds is 7. The average Bonchev–Trinajstić information content (AvgIpc) is 2.86. The van der Waals surface area contributed by atoms with E-state index in [-0.39, 0.29) is 12.1 Å². The van der Waals surface area contributed by atoms with Crippen molar-refractivity contribution in [2.45, 2.75) is 44.7 Å². The first-order valence-electron chi connectivity index (χ1n) is 5.07. The molecule has 5 nitrogen and oxygen atoms in total. The molecule has 0 aromatic carbocycles. The Kier molecular flexibility index (Phi) is 4.31. The van der Waals surface area contributed by atoms with Gasteiger partial charge in [-0.1, -0.05) is 6.92 Å². The highest BCUT2D eigenvalue weighted by Crippen LogP contribution is 2.19. The zero-order valence-corrected chi connectivity index (χ0v) is 9.31. The van der Waals surface area contributed by atoms with Gasteiger partial charge in [-0.25, -0.2) is 0 Å². The zero-order valence-electron chi connectivity index (χ0n) is 8.49. The zero-order chi connectivity index (χ0) is 10.6. The Labute approximate surface area is 85.6 Å². The van der Waals surface area contributed by atoms with Crippen LogP contribution in [0.25, 0.3) is 0 Å². The fourth-order valence-electron chi connectivity index (χ4n) is 1.22. The third kappa shape index (κ3) is 4.36. The van der Waals surface area contributed by atoms with Crippen LogP contribution in [0.5, 0.6) is 0 Å². The fourth-order valence-corrected chi connectivity index (χ4v) is 2.69. The first kappa shape index (κ1) is 11.9. The summed E-state index contributed by atoms with van der Waals surface area (Å²) in [5, 5.41) is 0. The Morgan fingerprint density at radius 3 is 2.57 bits per heavy atom. The van der Waals surface area contributed by atoms with Gasteiger partial charge in [-0.05, 0) is 32.2 Å². The summed E-state index contributed by atoms with van der Waals surface area (Å²) < 4.78 is 28.1. The van der Waals surface area contributed by atoms with Gasteiger partial charge in [-0.15, -0.1) is 0 Å². The summed E-state index contributed by atoms with van der Waals surface area (Å²) in [5.74, 6) is 0. The van der Waals surface area contributed by atoms with E-state index in [4.69, 9.17) is 5.73 Å². The van der Waals surface area contributed by atoms with Crippen molar-refractivity contribution in [1.29, 1.82) is 0 Å². The van der Waals surface area contributed by atoms with Crippen LogP contribution in [0.3, 0.4) is 0 Å². The molecule has 1 atom stereocenters. The predicted molar refractivity (Wildman–Crippen MR) is 56.0 cm³/mol. The largest absolute Gasteiger partial charge is 0.330 e. The van der Waals surface area contributed by atoms with E-state index in [0.717, 1.165) is 19.3 Å². The number of hydrogen-bond acceptors (Lipinski definition) is 3. The molecule has 1 aliphatic rings. The van der Waals surface area contributed by atoms with Crippen LogP contribution in [0.2, 0.25) is 0 Å². The van der Waals surface area contributed by atoms with Crippen molar-refractivity contribution < 1.29 is 8.42 Å². The van der Waals surface area contributed by atoms with E-state index in [1.54, 1.807) is 0 Å². The lowest BCUT2D eigenvalue weighted by molar-refractivity contribution is 0.511. The van der Waals surface area contributed by atoms with Crippen LogP contribution < -0.4 is 15.2 Å². The summed E-state index contributed by atoms with van der Waals surface area (Å²) >= 11 is 0. The number of nitrogens with two attached hydrogens (primary N) is 1. The highest BCUT2D eigenvalue weighted by atomic mass is 32.2.